The van der Waals surface area contributed by atoms with E-state index in [2.05, 4.69) is 26.7 Å². The van der Waals surface area contributed by atoms with E-state index >= 15 is 0 Å². The van der Waals surface area contributed by atoms with Gasteiger partial charge in [-0.2, -0.15) is 0 Å². The first-order valence-corrected chi connectivity index (χ1v) is 8.78. The van der Waals surface area contributed by atoms with Gasteiger partial charge in [0, 0.05) is 33.9 Å². The van der Waals surface area contributed by atoms with Crippen LogP contribution in [0, 0.1) is 6.92 Å². The molecule has 0 aliphatic carbocycles. The number of benzene rings is 1. The molecule has 0 saturated carbocycles. The largest absolute Gasteiger partial charge is 0.489 e. The quantitative estimate of drug-likeness (QED) is 0.590. The van der Waals surface area contributed by atoms with E-state index in [1.54, 1.807) is 7.05 Å². The van der Waals surface area contributed by atoms with Gasteiger partial charge in [0.05, 0.1) is 6.54 Å². The van der Waals surface area contributed by atoms with Crippen LogP contribution in [0.25, 0.3) is 0 Å². The zero-order valence-electron chi connectivity index (χ0n) is 16.3. The summed E-state index contributed by atoms with van der Waals surface area (Å²) in [5.41, 5.74) is 2.28. The summed E-state index contributed by atoms with van der Waals surface area (Å²) < 4.78 is 5.99. The second-order valence-corrected chi connectivity index (χ2v) is 6.42. The number of hydrogen-bond donors (Lipinski definition) is 2. The molecule has 0 radical (unpaired) electrons. The number of ether oxygens (including phenoxy) is 1. The van der Waals surface area contributed by atoms with E-state index in [0.717, 1.165) is 28.7 Å². The van der Waals surface area contributed by atoms with E-state index in [-0.39, 0.29) is 6.10 Å². The van der Waals surface area contributed by atoms with Crippen LogP contribution >= 0.6 is 0 Å². The maximum Gasteiger partial charge on any atom is 0.191 e. The Morgan fingerprint density at radius 2 is 2.00 bits per heavy atom. The number of rotatable bonds is 7. The maximum atomic E-state index is 5.99. The Morgan fingerprint density at radius 1 is 1.23 bits per heavy atom. The van der Waals surface area contributed by atoms with Gasteiger partial charge in [0.15, 0.2) is 5.96 Å². The van der Waals surface area contributed by atoms with E-state index in [0.29, 0.717) is 13.1 Å². The Kier molecular flexibility index (Phi) is 7.26. The van der Waals surface area contributed by atoms with Crippen LogP contribution in [0.5, 0.6) is 5.75 Å². The SMILES string of the molecule is CN=C(NCc1ccnc(N(C)C)c1)NCC(C)Oc1ccccc1C. The summed E-state index contributed by atoms with van der Waals surface area (Å²) in [5, 5.41) is 6.62. The molecule has 0 saturated heterocycles. The molecular formula is C20H29N5O. The van der Waals surface area contributed by atoms with Crippen molar-refractivity contribution in [2.75, 3.05) is 32.6 Å². The molecule has 2 rings (SSSR count). The minimum absolute atomic E-state index is 0.0240. The molecule has 2 aromatic rings. The summed E-state index contributed by atoms with van der Waals surface area (Å²) in [4.78, 5) is 10.6. The molecule has 0 aliphatic rings. The number of aryl methyl sites for hydroxylation is 1. The summed E-state index contributed by atoms with van der Waals surface area (Å²) in [5.74, 6) is 2.60. The number of anilines is 1. The lowest BCUT2D eigenvalue weighted by atomic mass is 10.2. The van der Waals surface area contributed by atoms with Crippen LogP contribution in [0.4, 0.5) is 5.82 Å². The molecule has 1 atom stereocenters. The predicted octanol–water partition coefficient (Wildman–Crippen LogP) is 2.59. The molecule has 2 N–H and O–H groups in total. The Balaban J connectivity index is 1.82. The lowest BCUT2D eigenvalue weighted by Crippen LogP contribution is -2.41. The highest BCUT2D eigenvalue weighted by molar-refractivity contribution is 5.79. The van der Waals surface area contributed by atoms with Crippen LogP contribution in [0.15, 0.2) is 47.6 Å². The van der Waals surface area contributed by atoms with Crippen molar-refractivity contribution in [2.24, 2.45) is 4.99 Å². The average molecular weight is 355 g/mol. The monoisotopic (exact) mass is 355 g/mol. The molecule has 6 nitrogen and oxygen atoms in total. The van der Waals surface area contributed by atoms with Crippen molar-refractivity contribution in [3.63, 3.8) is 0 Å². The Morgan fingerprint density at radius 3 is 2.69 bits per heavy atom. The third-order valence-corrected chi connectivity index (χ3v) is 3.93. The number of para-hydroxylation sites is 1. The second-order valence-electron chi connectivity index (χ2n) is 6.42. The molecule has 140 valence electrons. The molecule has 6 heteroatoms. The number of guanidine groups is 1. The van der Waals surface area contributed by atoms with Crippen molar-refractivity contribution in [3.8, 4) is 5.75 Å². The highest BCUT2D eigenvalue weighted by Gasteiger charge is 2.07. The van der Waals surface area contributed by atoms with Gasteiger partial charge in [0.1, 0.15) is 17.7 Å². The van der Waals surface area contributed by atoms with Crippen LogP contribution < -0.4 is 20.3 Å². The molecule has 0 amide bonds. The van der Waals surface area contributed by atoms with Crippen LogP contribution in [0.1, 0.15) is 18.1 Å². The molecule has 0 bridgehead atoms. The van der Waals surface area contributed by atoms with Crippen molar-refractivity contribution in [3.05, 3.63) is 53.7 Å². The number of nitrogens with zero attached hydrogens (tertiary/aromatic N) is 3. The van der Waals surface area contributed by atoms with E-state index < -0.39 is 0 Å². The molecular weight excluding hydrogens is 326 g/mol. The number of hydrogen-bond acceptors (Lipinski definition) is 4. The standard InChI is InChI=1S/C20H29N5O/c1-15-8-6-7-9-18(15)26-16(2)13-23-20(21-3)24-14-17-10-11-22-19(12-17)25(4)5/h6-12,16H,13-14H2,1-5H3,(H2,21,23,24). The Labute approximate surface area is 156 Å². The van der Waals surface area contributed by atoms with E-state index in [4.69, 9.17) is 4.74 Å². The molecule has 26 heavy (non-hydrogen) atoms. The fourth-order valence-electron chi connectivity index (χ4n) is 2.41. The summed E-state index contributed by atoms with van der Waals surface area (Å²) in [6, 6.07) is 12.1. The highest BCUT2D eigenvalue weighted by Crippen LogP contribution is 2.17. The first-order valence-electron chi connectivity index (χ1n) is 8.78. The van der Waals surface area contributed by atoms with E-state index in [9.17, 15) is 0 Å². The summed E-state index contributed by atoms with van der Waals surface area (Å²) in [6.45, 7) is 5.43. The van der Waals surface area contributed by atoms with Crippen molar-refractivity contribution in [1.82, 2.24) is 15.6 Å². The predicted molar refractivity (Wildman–Crippen MR) is 108 cm³/mol. The second kappa shape index (κ2) is 9.65. The van der Waals surface area contributed by atoms with Crippen LogP contribution in [0.3, 0.4) is 0 Å². The van der Waals surface area contributed by atoms with Crippen LogP contribution in [-0.4, -0.2) is 44.7 Å². The number of aromatic nitrogens is 1. The molecule has 1 unspecified atom stereocenters. The highest BCUT2D eigenvalue weighted by atomic mass is 16.5. The smallest absolute Gasteiger partial charge is 0.191 e. The maximum absolute atomic E-state index is 5.99. The molecule has 1 heterocycles. The molecule has 0 fully saturated rings. The van der Waals surface area contributed by atoms with E-state index in [1.165, 1.54) is 0 Å². The van der Waals surface area contributed by atoms with Gasteiger partial charge < -0.3 is 20.3 Å². The molecule has 1 aromatic carbocycles. The summed E-state index contributed by atoms with van der Waals surface area (Å²) in [7, 11) is 5.73. The number of nitrogens with one attached hydrogen (secondary N) is 2. The Bertz CT molecular complexity index is 730. The van der Waals surface area contributed by atoms with Gasteiger partial charge in [-0.05, 0) is 43.2 Å². The van der Waals surface area contributed by atoms with Gasteiger partial charge in [-0.1, -0.05) is 18.2 Å². The van der Waals surface area contributed by atoms with Gasteiger partial charge in [0.2, 0.25) is 0 Å². The van der Waals surface area contributed by atoms with Gasteiger partial charge in [-0.3, -0.25) is 4.99 Å². The zero-order valence-corrected chi connectivity index (χ0v) is 16.3. The first-order chi connectivity index (χ1) is 12.5. The van der Waals surface area contributed by atoms with Crippen LogP contribution in [0.2, 0.25) is 0 Å². The van der Waals surface area contributed by atoms with Gasteiger partial charge in [0.25, 0.3) is 0 Å². The summed E-state index contributed by atoms with van der Waals surface area (Å²) in [6.07, 6.45) is 1.84. The van der Waals surface area contributed by atoms with Gasteiger partial charge >= 0.3 is 0 Å². The number of aliphatic imine (C=N–C) groups is 1. The lowest BCUT2D eigenvalue weighted by Gasteiger charge is -2.19. The van der Waals surface area contributed by atoms with Crippen LogP contribution in [-0.2, 0) is 6.54 Å². The minimum Gasteiger partial charge on any atom is -0.489 e. The third-order valence-electron chi connectivity index (χ3n) is 3.93. The van der Waals surface area contributed by atoms with Crippen molar-refractivity contribution < 1.29 is 4.74 Å². The minimum atomic E-state index is 0.0240. The van der Waals surface area contributed by atoms with Gasteiger partial charge in [-0.15, -0.1) is 0 Å². The van der Waals surface area contributed by atoms with Crippen molar-refractivity contribution in [1.29, 1.82) is 0 Å². The Hall–Kier alpha value is -2.76. The fraction of sp³-hybridized carbons (Fsp3) is 0.400. The molecule has 0 spiro atoms. The summed E-state index contributed by atoms with van der Waals surface area (Å²) >= 11 is 0. The first kappa shape index (κ1) is 19.6. The lowest BCUT2D eigenvalue weighted by molar-refractivity contribution is 0.222. The normalized spacial score (nSPS) is 12.4. The zero-order chi connectivity index (χ0) is 18.9. The van der Waals surface area contributed by atoms with Gasteiger partial charge in [-0.25, -0.2) is 4.98 Å². The average Bonchev–Trinajstić information content (AvgIpc) is 2.64. The third kappa shape index (κ3) is 5.95. The topological polar surface area (TPSA) is 61.8 Å². The van der Waals surface area contributed by atoms with Crippen molar-refractivity contribution >= 4 is 11.8 Å². The fourth-order valence-corrected chi connectivity index (χ4v) is 2.41. The van der Waals surface area contributed by atoms with E-state index in [1.807, 2.05) is 69.4 Å². The number of pyridine rings is 1. The molecule has 1 aromatic heterocycles. The van der Waals surface area contributed by atoms with Crippen molar-refractivity contribution in [2.45, 2.75) is 26.5 Å². The molecule has 0 aliphatic heterocycles.